The number of pyridine rings is 1. The summed E-state index contributed by atoms with van der Waals surface area (Å²) in [5.41, 5.74) is 11.7. The van der Waals surface area contributed by atoms with E-state index >= 15 is 0 Å². The van der Waals surface area contributed by atoms with Gasteiger partial charge in [0, 0.05) is 33.9 Å². The van der Waals surface area contributed by atoms with Crippen molar-refractivity contribution in [1.29, 1.82) is 0 Å². The standard InChI is InChI=1S/C44H30N2/c1-29-18-19-36(28-45-29)32-12-9-13-35(25-32)41-27-43-44(39-17-8-7-16-38(39)41)40-23-22-34(26-42(40)46(43)37-14-3-2-4-15-37)33-21-20-30-10-5-6-11-31(30)24-33/h2-28H,1H3. The molecule has 0 N–H and O–H groups in total. The average molecular weight is 587 g/mol. The average Bonchev–Trinajstić information content (AvgIpc) is 3.45. The first-order chi connectivity index (χ1) is 22.7. The number of benzene rings is 7. The number of hydrogen-bond acceptors (Lipinski definition) is 1. The van der Waals surface area contributed by atoms with Gasteiger partial charge in [-0.05, 0) is 98.8 Å². The predicted molar refractivity (Wildman–Crippen MR) is 195 cm³/mol. The molecule has 0 saturated carbocycles. The maximum Gasteiger partial charge on any atom is 0.0553 e. The van der Waals surface area contributed by atoms with Crippen LogP contribution in [0.4, 0.5) is 0 Å². The normalized spacial score (nSPS) is 11.6. The third-order valence-electron chi connectivity index (χ3n) is 9.29. The van der Waals surface area contributed by atoms with Gasteiger partial charge in [0.25, 0.3) is 0 Å². The Morgan fingerprint density at radius 3 is 1.98 bits per heavy atom. The monoisotopic (exact) mass is 586 g/mol. The zero-order chi connectivity index (χ0) is 30.6. The molecule has 2 heterocycles. The molecule has 9 aromatic rings. The van der Waals surface area contributed by atoms with Gasteiger partial charge < -0.3 is 4.57 Å². The molecule has 0 amide bonds. The molecule has 0 atom stereocenters. The Bertz CT molecular complexity index is 2570. The Labute approximate surface area is 267 Å². The van der Waals surface area contributed by atoms with Crippen molar-refractivity contribution in [3.63, 3.8) is 0 Å². The molecule has 0 bridgehead atoms. The van der Waals surface area contributed by atoms with Crippen LogP contribution in [-0.2, 0) is 0 Å². The van der Waals surface area contributed by atoms with Gasteiger partial charge in [-0.2, -0.15) is 0 Å². The molecule has 0 fully saturated rings. The van der Waals surface area contributed by atoms with E-state index in [0.29, 0.717) is 0 Å². The lowest BCUT2D eigenvalue weighted by molar-refractivity contribution is 1.18. The van der Waals surface area contributed by atoms with Crippen molar-refractivity contribution < 1.29 is 0 Å². The van der Waals surface area contributed by atoms with E-state index < -0.39 is 0 Å². The van der Waals surface area contributed by atoms with E-state index in [1.54, 1.807) is 0 Å². The van der Waals surface area contributed by atoms with Gasteiger partial charge >= 0.3 is 0 Å². The number of rotatable bonds is 4. The quantitative estimate of drug-likeness (QED) is 0.201. The van der Waals surface area contributed by atoms with Gasteiger partial charge in [-0.3, -0.25) is 4.98 Å². The van der Waals surface area contributed by atoms with Crippen molar-refractivity contribution >= 4 is 43.4 Å². The molecule has 0 saturated heterocycles. The number of fused-ring (bicyclic) bond motifs is 6. The molecule has 0 spiro atoms. The summed E-state index contributed by atoms with van der Waals surface area (Å²) in [6.07, 6.45) is 1.97. The summed E-state index contributed by atoms with van der Waals surface area (Å²) in [5.74, 6) is 0. The fraction of sp³-hybridized carbons (Fsp3) is 0.0227. The summed E-state index contributed by atoms with van der Waals surface area (Å²) in [7, 11) is 0. The number of para-hydroxylation sites is 1. The van der Waals surface area contributed by atoms with E-state index in [2.05, 4.69) is 167 Å². The van der Waals surface area contributed by atoms with Gasteiger partial charge in [-0.15, -0.1) is 0 Å². The smallest absolute Gasteiger partial charge is 0.0553 e. The van der Waals surface area contributed by atoms with Crippen LogP contribution in [0.3, 0.4) is 0 Å². The van der Waals surface area contributed by atoms with Crippen LogP contribution in [-0.4, -0.2) is 9.55 Å². The second kappa shape index (κ2) is 10.6. The Morgan fingerprint density at radius 1 is 0.435 bits per heavy atom. The summed E-state index contributed by atoms with van der Waals surface area (Å²) in [5, 5.41) is 7.55. The lowest BCUT2D eigenvalue weighted by Crippen LogP contribution is -1.94. The maximum absolute atomic E-state index is 4.56. The van der Waals surface area contributed by atoms with Crippen LogP contribution in [0.15, 0.2) is 164 Å². The molecule has 2 aromatic heterocycles. The number of hydrogen-bond donors (Lipinski definition) is 0. The minimum Gasteiger partial charge on any atom is -0.309 e. The summed E-state index contributed by atoms with van der Waals surface area (Å²) in [6.45, 7) is 2.03. The predicted octanol–water partition coefficient (Wildman–Crippen LogP) is 11.8. The third-order valence-corrected chi connectivity index (χ3v) is 9.29. The van der Waals surface area contributed by atoms with Crippen LogP contribution < -0.4 is 0 Å². The molecule has 9 rings (SSSR count). The van der Waals surface area contributed by atoms with Crippen molar-refractivity contribution in [2.75, 3.05) is 0 Å². The molecule has 0 unspecified atom stereocenters. The highest BCUT2D eigenvalue weighted by atomic mass is 15.0. The van der Waals surface area contributed by atoms with Gasteiger partial charge in [0.15, 0.2) is 0 Å². The zero-order valence-electron chi connectivity index (χ0n) is 25.5. The first-order valence-corrected chi connectivity index (χ1v) is 15.8. The Hall–Kier alpha value is -5.99. The molecule has 46 heavy (non-hydrogen) atoms. The second-order valence-electron chi connectivity index (χ2n) is 12.1. The molecule has 7 aromatic carbocycles. The Balaban J connectivity index is 1.33. The Kier molecular flexibility index (Phi) is 6.07. The maximum atomic E-state index is 4.56. The molecule has 0 aliphatic carbocycles. The van der Waals surface area contributed by atoms with E-state index in [4.69, 9.17) is 0 Å². The number of nitrogens with zero attached hydrogens (tertiary/aromatic N) is 2. The first-order valence-electron chi connectivity index (χ1n) is 15.8. The van der Waals surface area contributed by atoms with Gasteiger partial charge in [-0.1, -0.05) is 115 Å². The van der Waals surface area contributed by atoms with Gasteiger partial charge in [0.05, 0.1) is 11.0 Å². The molecule has 0 aliphatic rings. The highest BCUT2D eigenvalue weighted by molar-refractivity contribution is 6.24. The summed E-state index contributed by atoms with van der Waals surface area (Å²) in [6, 6.07) is 57.4. The van der Waals surface area contributed by atoms with E-state index in [0.717, 1.165) is 22.5 Å². The van der Waals surface area contributed by atoms with Crippen molar-refractivity contribution in [2.45, 2.75) is 6.92 Å². The van der Waals surface area contributed by atoms with Crippen molar-refractivity contribution in [3.05, 3.63) is 170 Å². The van der Waals surface area contributed by atoms with Gasteiger partial charge in [-0.25, -0.2) is 0 Å². The topological polar surface area (TPSA) is 17.8 Å². The van der Waals surface area contributed by atoms with Gasteiger partial charge in [0.2, 0.25) is 0 Å². The van der Waals surface area contributed by atoms with Crippen LogP contribution in [0, 0.1) is 6.92 Å². The molecule has 2 heteroatoms. The molecule has 2 nitrogen and oxygen atoms in total. The minimum atomic E-state index is 1.02. The molecule has 216 valence electrons. The molecular formula is C44H30N2. The molecule has 0 radical (unpaired) electrons. The fourth-order valence-corrected chi connectivity index (χ4v) is 7.03. The number of aryl methyl sites for hydroxylation is 1. The highest BCUT2D eigenvalue weighted by Gasteiger charge is 2.19. The molecule has 0 aliphatic heterocycles. The lowest BCUT2D eigenvalue weighted by Gasteiger charge is -2.13. The first kappa shape index (κ1) is 26.4. The van der Waals surface area contributed by atoms with E-state index in [9.17, 15) is 0 Å². The summed E-state index contributed by atoms with van der Waals surface area (Å²) in [4.78, 5) is 4.56. The van der Waals surface area contributed by atoms with Crippen molar-refractivity contribution in [1.82, 2.24) is 9.55 Å². The SMILES string of the molecule is Cc1ccc(-c2cccc(-c3cc4c(c5ccccc35)c3ccc(-c5ccc6ccccc6c5)cc3n4-c3ccccc3)c2)cn1. The van der Waals surface area contributed by atoms with E-state index in [1.165, 1.54) is 65.6 Å². The minimum absolute atomic E-state index is 1.02. The van der Waals surface area contributed by atoms with Crippen LogP contribution in [0.25, 0.3) is 82.4 Å². The fourth-order valence-electron chi connectivity index (χ4n) is 7.03. The zero-order valence-corrected chi connectivity index (χ0v) is 25.5. The van der Waals surface area contributed by atoms with Crippen LogP contribution in [0.2, 0.25) is 0 Å². The lowest BCUT2D eigenvalue weighted by atomic mass is 9.93. The largest absolute Gasteiger partial charge is 0.309 e. The van der Waals surface area contributed by atoms with Gasteiger partial charge in [0.1, 0.15) is 0 Å². The molecular weight excluding hydrogens is 556 g/mol. The van der Waals surface area contributed by atoms with Crippen LogP contribution >= 0.6 is 0 Å². The van der Waals surface area contributed by atoms with Crippen LogP contribution in [0.5, 0.6) is 0 Å². The highest BCUT2D eigenvalue weighted by Crippen LogP contribution is 2.43. The summed E-state index contributed by atoms with van der Waals surface area (Å²) >= 11 is 0. The van der Waals surface area contributed by atoms with E-state index in [-0.39, 0.29) is 0 Å². The van der Waals surface area contributed by atoms with Crippen molar-refractivity contribution in [2.24, 2.45) is 0 Å². The Morgan fingerprint density at radius 2 is 1.13 bits per heavy atom. The van der Waals surface area contributed by atoms with Crippen molar-refractivity contribution in [3.8, 4) is 39.1 Å². The number of aromatic nitrogens is 2. The van der Waals surface area contributed by atoms with E-state index in [1.807, 2.05) is 13.1 Å². The second-order valence-corrected chi connectivity index (χ2v) is 12.1. The summed E-state index contributed by atoms with van der Waals surface area (Å²) < 4.78 is 2.44. The van der Waals surface area contributed by atoms with Crippen LogP contribution in [0.1, 0.15) is 5.69 Å². The third kappa shape index (κ3) is 4.30.